The molecule has 0 N–H and O–H groups in total. The molecule has 2 aromatic heterocycles. The molecule has 0 atom stereocenters. The summed E-state index contributed by atoms with van der Waals surface area (Å²) in [6, 6.07) is 55.9. The molecule has 0 fully saturated rings. The van der Waals surface area contributed by atoms with Crippen molar-refractivity contribution in [3.8, 4) is 51.0 Å². The number of para-hydroxylation sites is 1. The fourth-order valence-electron chi connectivity index (χ4n) is 8.14. The summed E-state index contributed by atoms with van der Waals surface area (Å²) < 4.78 is 2.28. The van der Waals surface area contributed by atoms with Crippen molar-refractivity contribution in [3.63, 3.8) is 0 Å². The van der Waals surface area contributed by atoms with E-state index in [0.29, 0.717) is 17.6 Å². The van der Waals surface area contributed by atoms with E-state index in [9.17, 15) is 0 Å². The van der Waals surface area contributed by atoms with Gasteiger partial charge in [-0.05, 0) is 44.7 Å². The van der Waals surface area contributed by atoms with Gasteiger partial charge in [0.1, 0.15) is 0 Å². The molecular formula is C46H32N4. The van der Waals surface area contributed by atoms with Gasteiger partial charge in [0.05, 0.1) is 11.0 Å². The molecule has 0 spiro atoms. The van der Waals surface area contributed by atoms with Gasteiger partial charge < -0.3 is 0 Å². The summed E-state index contributed by atoms with van der Waals surface area (Å²) >= 11 is 0. The molecule has 0 aliphatic heterocycles. The smallest absolute Gasteiger partial charge is 0.238 e. The zero-order valence-corrected chi connectivity index (χ0v) is 27.8. The Morgan fingerprint density at radius 1 is 0.460 bits per heavy atom. The third-order valence-electron chi connectivity index (χ3n) is 10.5. The molecule has 0 unspecified atom stereocenters. The SMILES string of the molecule is CC1(C)c2ccccc2-c2c(-c3cccc4c5c6ccccc6ccc5n(-c5nc(-c6ccccc6)nc(-c6ccccc6)n5)c34)cccc21. The van der Waals surface area contributed by atoms with Gasteiger partial charge >= 0.3 is 0 Å². The standard InChI is InChI=1S/C46H32N4/c1-46(2)37-25-12-11-21-35(37)40-33(22-14-26-38(40)46)34-23-13-24-36-41-32-20-10-9-15-29(32)27-28-39(41)50(42(34)36)45-48-43(30-16-5-3-6-17-30)47-44(49-45)31-18-7-4-8-19-31/h3-28H,1-2H3. The molecule has 0 bridgehead atoms. The van der Waals surface area contributed by atoms with Crippen molar-refractivity contribution in [1.29, 1.82) is 0 Å². The Morgan fingerprint density at radius 3 is 1.80 bits per heavy atom. The number of benzene rings is 7. The number of hydrogen-bond acceptors (Lipinski definition) is 3. The Bertz CT molecular complexity index is 2720. The molecule has 7 aromatic carbocycles. The van der Waals surface area contributed by atoms with Crippen molar-refractivity contribution < 1.29 is 0 Å². The number of hydrogen-bond donors (Lipinski definition) is 0. The number of nitrogens with zero attached hydrogens (tertiary/aromatic N) is 4. The molecule has 0 saturated heterocycles. The van der Waals surface area contributed by atoms with Crippen LogP contribution in [0.5, 0.6) is 0 Å². The Kier molecular flexibility index (Phi) is 6.19. The fourth-order valence-corrected chi connectivity index (χ4v) is 8.14. The highest BCUT2D eigenvalue weighted by Crippen LogP contribution is 2.53. The minimum Gasteiger partial charge on any atom is -0.277 e. The first-order valence-corrected chi connectivity index (χ1v) is 17.1. The number of fused-ring (bicyclic) bond motifs is 8. The van der Waals surface area contributed by atoms with E-state index in [1.165, 1.54) is 49.4 Å². The molecule has 9 aromatic rings. The lowest BCUT2D eigenvalue weighted by Crippen LogP contribution is -2.14. The maximum absolute atomic E-state index is 5.26. The molecule has 2 heterocycles. The quantitative estimate of drug-likeness (QED) is 0.192. The van der Waals surface area contributed by atoms with Crippen LogP contribution in [0, 0.1) is 0 Å². The number of rotatable bonds is 4. The van der Waals surface area contributed by atoms with Crippen LogP contribution >= 0.6 is 0 Å². The topological polar surface area (TPSA) is 43.6 Å². The summed E-state index contributed by atoms with van der Waals surface area (Å²) in [4.78, 5) is 15.5. The van der Waals surface area contributed by atoms with Crippen molar-refractivity contribution in [1.82, 2.24) is 19.5 Å². The van der Waals surface area contributed by atoms with Gasteiger partial charge in [-0.25, -0.2) is 4.98 Å². The van der Waals surface area contributed by atoms with Crippen LogP contribution in [0.1, 0.15) is 25.0 Å². The predicted octanol–water partition coefficient (Wildman–Crippen LogP) is 11.4. The van der Waals surface area contributed by atoms with Crippen LogP contribution in [0.2, 0.25) is 0 Å². The lowest BCUT2D eigenvalue weighted by atomic mass is 9.82. The molecule has 10 rings (SSSR count). The van der Waals surface area contributed by atoms with E-state index in [-0.39, 0.29) is 5.41 Å². The second kappa shape index (κ2) is 10.8. The van der Waals surface area contributed by atoms with Gasteiger partial charge in [0.15, 0.2) is 11.6 Å². The van der Waals surface area contributed by atoms with Gasteiger partial charge in [0.2, 0.25) is 5.95 Å². The van der Waals surface area contributed by atoms with Crippen molar-refractivity contribution in [2.45, 2.75) is 19.3 Å². The minimum absolute atomic E-state index is 0.109. The highest BCUT2D eigenvalue weighted by Gasteiger charge is 2.37. The van der Waals surface area contributed by atoms with E-state index in [0.717, 1.165) is 27.7 Å². The van der Waals surface area contributed by atoms with E-state index in [4.69, 9.17) is 15.0 Å². The van der Waals surface area contributed by atoms with E-state index >= 15 is 0 Å². The summed E-state index contributed by atoms with van der Waals surface area (Å²) in [6.45, 7) is 4.68. The molecule has 4 heteroatoms. The fraction of sp³-hybridized carbons (Fsp3) is 0.0652. The molecule has 50 heavy (non-hydrogen) atoms. The molecule has 1 aliphatic rings. The largest absolute Gasteiger partial charge is 0.277 e. The summed E-state index contributed by atoms with van der Waals surface area (Å²) in [5.41, 5.74) is 11.6. The van der Waals surface area contributed by atoms with Crippen molar-refractivity contribution in [2.24, 2.45) is 0 Å². The summed E-state index contributed by atoms with van der Waals surface area (Å²) in [5, 5.41) is 4.76. The minimum atomic E-state index is -0.109. The van der Waals surface area contributed by atoms with Gasteiger partial charge in [-0.2, -0.15) is 9.97 Å². The predicted molar refractivity (Wildman–Crippen MR) is 206 cm³/mol. The van der Waals surface area contributed by atoms with Crippen LogP contribution in [0.3, 0.4) is 0 Å². The van der Waals surface area contributed by atoms with Crippen molar-refractivity contribution in [3.05, 3.63) is 169 Å². The van der Waals surface area contributed by atoms with Crippen molar-refractivity contribution in [2.75, 3.05) is 0 Å². The van der Waals surface area contributed by atoms with E-state index in [1.807, 2.05) is 36.4 Å². The molecule has 0 amide bonds. The molecule has 4 nitrogen and oxygen atoms in total. The zero-order chi connectivity index (χ0) is 33.4. The highest BCUT2D eigenvalue weighted by atomic mass is 15.2. The maximum atomic E-state index is 5.26. The molecule has 0 radical (unpaired) electrons. The average Bonchev–Trinajstić information content (AvgIpc) is 3.65. The van der Waals surface area contributed by atoms with Gasteiger partial charge in [-0.3, -0.25) is 4.57 Å². The van der Waals surface area contributed by atoms with Crippen LogP contribution in [0.4, 0.5) is 0 Å². The van der Waals surface area contributed by atoms with Crippen LogP contribution in [0.25, 0.3) is 83.6 Å². The first kappa shape index (κ1) is 28.6. The second-order valence-corrected chi connectivity index (χ2v) is 13.6. The first-order valence-electron chi connectivity index (χ1n) is 17.1. The van der Waals surface area contributed by atoms with Crippen molar-refractivity contribution >= 4 is 32.6 Å². The zero-order valence-electron chi connectivity index (χ0n) is 27.8. The normalized spacial score (nSPS) is 13.2. The van der Waals surface area contributed by atoms with Gasteiger partial charge in [0.25, 0.3) is 0 Å². The van der Waals surface area contributed by atoms with Gasteiger partial charge in [0, 0.05) is 32.9 Å². The molecule has 0 saturated carbocycles. The van der Waals surface area contributed by atoms with Gasteiger partial charge in [-0.15, -0.1) is 0 Å². The summed E-state index contributed by atoms with van der Waals surface area (Å²) in [6.07, 6.45) is 0. The molecule has 1 aliphatic carbocycles. The summed E-state index contributed by atoms with van der Waals surface area (Å²) in [7, 11) is 0. The Morgan fingerprint density at radius 2 is 1.04 bits per heavy atom. The third-order valence-corrected chi connectivity index (χ3v) is 10.5. The highest BCUT2D eigenvalue weighted by molar-refractivity contribution is 6.23. The molecule has 236 valence electrons. The average molecular weight is 641 g/mol. The maximum Gasteiger partial charge on any atom is 0.238 e. The lowest BCUT2D eigenvalue weighted by molar-refractivity contribution is 0.660. The Balaban J connectivity index is 1.36. The lowest BCUT2D eigenvalue weighted by Gasteiger charge is -2.21. The molecular weight excluding hydrogens is 609 g/mol. The van der Waals surface area contributed by atoms with E-state index < -0.39 is 0 Å². The Hall–Kier alpha value is -6.39. The van der Waals surface area contributed by atoms with Crippen LogP contribution < -0.4 is 0 Å². The first-order chi connectivity index (χ1) is 24.6. The van der Waals surface area contributed by atoms with Crippen LogP contribution in [-0.2, 0) is 5.41 Å². The summed E-state index contributed by atoms with van der Waals surface area (Å²) in [5.74, 6) is 1.87. The van der Waals surface area contributed by atoms with E-state index in [2.05, 4.69) is 140 Å². The third kappa shape index (κ3) is 4.15. The Labute approximate surface area is 290 Å². The second-order valence-electron chi connectivity index (χ2n) is 13.6. The number of aromatic nitrogens is 4. The van der Waals surface area contributed by atoms with Crippen LogP contribution in [0.15, 0.2) is 158 Å². The van der Waals surface area contributed by atoms with Crippen LogP contribution in [-0.4, -0.2) is 19.5 Å². The van der Waals surface area contributed by atoms with Gasteiger partial charge in [-0.1, -0.05) is 166 Å². The monoisotopic (exact) mass is 640 g/mol. The van der Waals surface area contributed by atoms with E-state index in [1.54, 1.807) is 0 Å².